The fourth-order valence-electron chi connectivity index (χ4n) is 0.841. The molecule has 0 aliphatic carbocycles. The Balaban J connectivity index is -0.000000101. The van der Waals surface area contributed by atoms with E-state index in [1.807, 2.05) is 0 Å². The van der Waals surface area contributed by atoms with Crippen molar-refractivity contribution in [1.29, 1.82) is 0 Å². The van der Waals surface area contributed by atoms with Crippen molar-refractivity contribution in [3.63, 3.8) is 0 Å². The molecule has 0 heterocycles. The molecule has 0 rings (SSSR count). The first-order valence-corrected chi connectivity index (χ1v) is 4.68. The average molecular weight is 236 g/mol. The Labute approximate surface area is 105 Å². The van der Waals surface area contributed by atoms with Crippen LogP contribution in [0.2, 0.25) is 0 Å². The predicted octanol–water partition coefficient (Wildman–Crippen LogP) is 4.94. The molecule has 2 nitrogen and oxygen atoms in total. The lowest BCUT2D eigenvalue weighted by atomic mass is 10.3. The first-order valence-electron chi connectivity index (χ1n) is 4.68. The zero-order valence-corrected chi connectivity index (χ0v) is 8.05. The molecule has 0 radical (unpaired) electrons. The van der Waals surface area contributed by atoms with Crippen molar-refractivity contribution in [3.05, 3.63) is 12.7 Å². The Morgan fingerprint density at radius 3 is 1.94 bits per heavy atom. The highest BCUT2D eigenvalue weighted by atomic mass is 16.5. The molecular formula is C14H36O2. The second-order valence-corrected chi connectivity index (χ2v) is 2.68. The second-order valence-electron chi connectivity index (χ2n) is 2.68. The molecule has 0 N–H and O–H groups in total. The van der Waals surface area contributed by atoms with E-state index < -0.39 is 0 Å². The van der Waals surface area contributed by atoms with Crippen LogP contribution in [-0.2, 0) is 9.47 Å². The molecule has 0 aromatic heterocycles. The fourth-order valence-corrected chi connectivity index (χ4v) is 0.841. The van der Waals surface area contributed by atoms with Crippen LogP contribution in [-0.4, -0.2) is 26.4 Å². The molecule has 2 heteroatoms. The van der Waals surface area contributed by atoms with Gasteiger partial charge < -0.3 is 9.47 Å². The first-order chi connectivity index (χ1) is 5.91. The maximum Gasteiger partial charge on any atom is 0.0704 e. The van der Waals surface area contributed by atoms with Crippen LogP contribution >= 0.6 is 0 Å². The van der Waals surface area contributed by atoms with Gasteiger partial charge in [-0.15, -0.1) is 6.58 Å². The Morgan fingerprint density at radius 1 is 0.875 bits per heavy atom. The summed E-state index contributed by atoms with van der Waals surface area (Å²) in [5.74, 6) is 0. The van der Waals surface area contributed by atoms with E-state index >= 15 is 0 Å². The largest absolute Gasteiger partial charge is 0.379 e. The normalized spacial score (nSPS) is 7.56. The van der Waals surface area contributed by atoms with Gasteiger partial charge in [0.05, 0.1) is 19.8 Å². The zero-order chi connectivity index (χ0) is 9.07. The van der Waals surface area contributed by atoms with Gasteiger partial charge in [0.2, 0.25) is 0 Å². The summed E-state index contributed by atoms with van der Waals surface area (Å²) in [6, 6.07) is 0. The summed E-state index contributed by atoms with van der Waals surface area (Å²) in [4.78, 5) is 0. The molecule has 0 aliphatic heterocycles. The van der Waals surface area contributed by atoms with Crippen molar-refractivity contribution in [1.82, 2.24) is 0 Å². The quantitative estimate of drug-likeness (QED) is 0.417. The van der Waals surface area contributed by atoms with Crippen LogP contribution in [0.5, 0.6) is 0 Å². The van der Waals surface area contributed by atoms with E-state index in [2.05, 4.69) is 13.5 Å². The van der Waals surface area contributed by atoms with Crippen LogP contribution in [0.4, 0.5) is 0 Å². The van der Waals surface area contributed by atoms with Gasteiger partial charge >= 0.3 is 0 Å². The Bertz CT molecular complexity index is 92.7. The number of hydrogen-bond donors (Lipinski definition) is 0. The van der Waals surface area contributed by atoms with Gasteiger partial charge in [-0.25, -0.2) is 0 Å². The van der Waals surface area contributed by atoms with Gasteiger partial charge in [-0.05, 0) is 6.42 Å². The zero-order valence-electron chi connectivity index (χ0n) is 8.05. The molecule has 0 aromatic rings. The van der Waals surface area contributed by atoms with Gasteiger partial charge in [0.25, 0.3) is 0 Å². The first kappa shape index (κ1) is 29.6. The summed E-state index contributed by atoms with van der Waals surface area (Å²) >= 11 is 0. The molecule has 0 spiro atoms. The topological polar surface area (TPSA) is 18.5 Å². The average Bonchev–Trinajstić information content (AvgIpc) is 2.10. The fraction of sp³-hybridized carbons (Fsp3) is 0.857. The molecule has 16 heavy (non-hydrogen) atoms. The van der Waals surface area contributed by atoms with Crippen molar-refractivity contribution >= 4 is 0 Å². The maximum absolute atomic E-state index is 5.32. The monoisotopic (exact) mass is 236 g/mol. The lowest BCUT2D eigenvalue weighted by Crippen LogP contribution is -2.05. The molecule has 0 aliphatic rings. The summed E-state index contributed by atoms with van der Waals surface area (Å²) in [6.45, 7) is 8.62. The van der Waals surface area contributed by atoms with Crippen molar-refractivity contribution in [3.8, 4) is 0 Å². The third-order valence-corrected chi connectivity index (χ3v) is 1.50. The molecular weight excluding hydrogens is 200 g/mol. The molecule has 0 fully saturated rings. The minimum Gasteiger partial charge on any atom is -0.379 e. The SMILES string of the molecule is C.C.C.C.C=CCOCCOCCCCC. The van der Waals surface area contributed by atoms with E-state index in [0.29, 0.717) is 19.8 Å². The number of hydrogen-bond acceptors (Lipinski definition) is 2. The summed E-state index contributed by atoms with van der Waals surface area (Å²) in [5.41, 5.74) is 0. The highest BCUT2D eigenvalue weighted by Crippen LogP contribution is 1.93. The van der Waals surface area contributed by atoms with Crippen LogP contribution in [0.3, 0.4) is 0 Å². The summed E-state index contributed by atoms with van der Waals surface area (Å²) in [5, 5.41) is 0. The minimum atomic E-state index is 0. The van der Waals surface area contributed by atoms with Gasteiger partial charge in [-0.3, -0.25) is 0 Å². The summed E-state index contributed by atoms with van der Waals surface area (Å²) in [6.07, 6.45) is 5.42. The Morgan fingerprint density at radius 2 is 1.44 bits per heavy atom. The number of ether oxygens (including phenoxy) is 2. The van der Waals surface area contributed by atoms with Gasteiger partial charge in [0, 0.05) is 6.61 Å². The standard InChI is InChI=1S/C10H20O2.4CH4/c1-3-5-6-8-12-10-9-11-7-4-2;;;;/h4H,2-3,5-10H2,1H3;4*1H4. The van der Waals surface area contributed by atoms with E-state index in [9.17, 15) is 0 Å². The molecule has 0 saturated heterocycles. The molecule has 0 atom stereocenters. The third-order valence-electron chi connectivity index (χ3n) is 1.50. The van der Waals surface area contributed by atoms with E-state index in [-0.39, 0.29) is 29.7 Å². The van der Waals surface area contributed by atoms with Gasteiger partial charge in [-0.2, -0.15) is 0 Å². The van der Waals surface area contributed by atoms with Crippen molar-refractivity contribution in [2.24, 2.45) is 0 Å². The van der Waals surface area contributed by atoms with Crippen LogP contribution < -0.4 is 0 Å². The van der Waals surface area contributed by atoms with Crippen LogP contribution in [0.25, 0.3) is 0 Å². The Kier molecular flexibility index (Phi) is 54.3. The summed E-state index contributed by atoms with van der Waals surface area (Å²) < 4.78 is 10.5. The maximum atomic E-state index is 5.32. The van der Waals surface area contributed by atoms with Gasteiger partial charge in [0.15, 0.2) is 0 Å². The third kappa shape index (κ3) is 29.2. The molecule has 0 aromatic carbocycles. The number of rotatable bonds is 9. The van der Waals surface area contributed by atoms with E-state index in [4.69, 9.17) is 9.47 Å². The molecule has 0 amide bonds. The van der Waals surface area contributed by atoms with Crippen molar-refractivity contribution in [2.45, 2.75) is 55.9 Å². The minimum absolute atomic E-state index is 0. The smallest absolute Gasteiger partial charge is 0.0704 e. The molecule has 0 unspecified atom stereocenters. The Hall–Kier alpha value is -0.340. The highest BCUT2D eigenvalue weighted by molar-refractivity contribution is 4.63. The lowest BCUT2D eigenvalue weighted by molar-refractivity contribution is 0.0569. The summed E-state index contributed by atoms with van der Waals surface area (Å²) in [7, 11) is 0. The van der Waals surface area contributed by atoms with E-state index in [1.54, 1.807) is 6.08 Å². The number of unbranched alkanes of at least 4 members (excludes halogenated alkanes) is 2. The van der Waals surface area contributed by atoms with Crippen molar-refractivity contribution < 1.29 is 9.47 Å². The predicted molar refractivity (Wildman–Crippen MR) is 78.3 cm³/mol. The van der Waals surface area contributed by atoms with Crippen LogP contribution in [0.15, 0.2) is 12.7 Å². The van der Waals surface area contributed by atoms with E-state index in [1.165, 1.54) is 12.8 Å². The highest BCUT2D eigenvalue weighted by Gasteiger charge is 1.88. The lowest BCUT2D eigenvalue weighted by Gasteiger charge is -2.03. The molecule has 104 valence electrons. The van der Waals surface area contributed by atoms with Crippen LogP contribution in [0.1, 0.15) is 55.9 Å². The molecule has 0 saturated carbocycles. The van der Waals surface area contributed by atoms with Crippen LogP contribution in [0, 0.1) is 0 Å². The molecule has 0 bridgehead atoms. The van der Waals surface area contributed by atoms with Gasteiger partial charge in [0.1, 0.15) is 0 Å². The second kappa shape index (κ2) is 29.3. The van der Waals surface area contributed by atoms with E-state index in [0.717, 1.165) is 13.0 Å². The van der Waals surface area contributed by atoms with Gasteiger partial charge in [-0.1, -0.05) is 55.5 Å². The van der Waals surface area contributed by atoms with Crippen molar-refractivity contribution in [2.75, 3.05) is 26.4 Å².